The molecule has 1 saturated heterocycles. The van der Waals surface area contributed by atoms with Crippen molar-refractivity contribution in [3.05, 3.63) is 0 Å². The van der Waals surface area contributed by atoms with E-state index in [0.29, 0.717) is 13.2 Å². The fourth-order valence-corrected chi connectivity index (χ4v) is 2.29. The first-order chi connectivity index (χ1) is 8.09. The smallest absolute Gasteiger partial charge is 0.317 e. The minimum absolute atomic E-state index is 0.0466. The average molecular weight is 243 g/mol. The summed E-state index contributed by atoms with van der Waals surface area (Å²) in [6.45, 7) is 5.98. The van der Waals surface area contributed by atoms with Crippen LogP contribution >= 0.6 is 0 Å². The first kappa shape index (κ1) is 14.3. The molecule has 0 radical (unpaired) electrons. The maximum absolute atomic E-state index is 12.1. The predicted molar refractivity (Wildman–Crippen MR) is 67.9 cm³/mol. The number of ether oxygens (including phenoxy) is 1. The summed E-state index contributed by atoms with van der Waals surface area (Å²) in [4.78, 5) is 13.9. The molecule has 0 spiro atoms. The van der Waals surface area contributed by atoms with E-state index in [0.717, 1.165) is 25.9 Å². The van der Waals surface area contributed by atoms with Crippen molar-refractivity contribution < 1.29 is 9.53 Å². The number of likely N-dealkylation sites (N-methyl/N-ethyl adjacent to an activating group) is 1. The topological polar surface area (TPSA) is 67.6 Å². The van der Waals surface area contributed by atoms with E-state index in [2.05, 4.69) is 19.2 Å². The lowest BCUT2D eigenvalue weighted by molar-refractivity contribution is 0.126. The number of hydrogen-bond acceptors (Lipinski definition) is 3. The maximum Gasteiger partial charge on any atom is 0.317 e. The Morgan fingerprint density at radius 3 is 2.59 bits per heavy atom. The molecule has 1 unspecified atom stereocenters. The van der Waals surface area contributed by atoms with E-state index in [9.17, 15) is 4.79 Å². The second kappa shape index (κ2) is 6.21. The molecule has 0 saturated carbocycles. The van der Waals surface area contributed by atoms with E-state index < -0.39 is 0 Å². The van der Waals surface area contributed by atoms with Gasteiger partial charge in [-0.1, -0.05) is 13.8 Å². The van der Waals surface area contributed by atoms with Gasteiger partial charge >= 0.3 is 6.03 Å². The number of urea groups is 1. The Kier molecular flexibility index (Phi) is 5.21. The van der Waals surface area contributed by atoms with Crippen LogP contribution in [0.3, 0.4) is 0 Å². The van der Waals surface area contributed by atoms with E-state index in [4.69, 9.17) is 10.5 Å². The molecule has 1 heterocycles. The summed E-state index contributed by atoms with van der Waals surface area (Å²) in [6, 6.07) is 0.101. The molecule has 1 aliphatic rings. The number of hydrogen-bond donors (Lipinski definition) is 2. The van der Waals surface area contributed by atoms with Gasteiger partial charge in [-0.25, -0.2) is 4.79 Å². The molecule has 2 amide bonds. The molecule has 1 atom stereocenters. The Bertz CT molecular complexity index is 240. The van der Waals surface area contributed by atoms with Gasteiger partial charge in [-0.2, -0.15) is 0 Å². The standard InChI is InChI=1S/C12H25N3O2/c1-4-12(5-2,9-13)15(3)11(16)14-10-6-7-17-8-10/h10H,4-9,13H2,1-3H3,(H,14,16). The Hall–Kier alpha value is -0.810. The zero-order valence-electron chi connectivity index (χ0n) is 11.2. The van der Waals surface area contributed by atoms with Crippen LogP contribution in [0.25, 0.3) is 0 Å². The zero-order valence-corrected chi connectivity index (χ0v) is 11.2. The Morgan fingerprint density at radius 1 is 1.53 bits per heavy atom. The fourth-order valence-electron chi connectivity index (χ4n) is 2.29. The van der Waals surface area contributed by atoms with Crippen LogP contribution in [-0.4, -0.2) is 49.3 Å². The number of nitrogens with one attached hydrogen (secondary N) is 1. The Morgan fingerprint density at radius 2 is 2.18 bits per heavy atom. The van der Waals surface area contributed by atoms with Crippen LogP contribution in [0, 0.1) is 0 Å². The van der Waals surface area contributed by atoms with Gasteiger partial charge in [-0.05, 0) is 19.3 Å². The molecule has 0 bridgehead atoms. The summed E-state index contributed by atoms with van der Waals surface area (Å²) >= 11 is 0. The molecule has 100 valence electrons. The molecule has 0 aromatic rings. The number of nitrogens with two attached hydrogens (primary N) is 1. The lowest BCUT2D eigenvalue weighted by Gasteiger charge is -2.40. The molecule has 0 aromatic carbocycles. The molecule has 5 nitrogen and oxygen atoms in total. The van der Waals surface area contributed by atoms with Crippen molar-refractivity contribution >= 4 is 6.03 Å². The molecule has 0 aromatic heterocycles. The van der Waals surface area contributed by atoms with Gasteiger partial charge in [0.05, 0.1) is 18.2 Å². The monoisotopic (exact) mass is 243 g/mol. The van der Waals surface area contributed by atoms with Gasteiger partial charge in [0, 0.05) is 20.2 Å². The number of nitrogens with zero attached hydrogens (tertiary/aromatic N) is 1. The van der Waals surface area contributed by atoms with Gasteiger partial charge in [0.15, 0.2) is 0 Å². The third-order valence-corrected chi connectivity index (χ3v) is 3.97. The van der Waals surface area contributed by atoms with Gasteiger partial charge in [0.2, 0.25) is 0 Å². The molecule has 3 N–H and O–H groups in total. The van der Waals surface area contributed by atoms with E-state index in [1.54, 1.807) is 4.90 Å². The molecule has 1 aliphatic heterocycles. The quantitative estimate of drug-likeness (QED) is 0.755. The Balaban J connectivity index is 2.59. The SMILES string of the molecule is CCC(CC)(CN)N(C)C(=O)NC1CCOC1. The number of carbonyl (C=O) groups is 1. The second-order valence-corrected chi connectivity index (χ2v) is 4.70. The van der Waals surface area contributed by atoms with Crippen LogP contribution < -0.4 is 11.1 Å². The lowest BCUT2D eigenvalue weighted by atomic mass is 9.91. The van der Waals surface area contributed by atoms with Crippen molar-refractivity contribution in [3.63, 3.8) is 0 Å². The third-order valence-electron chi connectivity index (χ3n) is 3.97. The average Bonchev–Trinajstić information content (AvgIpc) is 2.84. The van der Waals surface area contributed by atoms with Gasteiger partial charge in [-0.15, -0.1) is 0 Å². The van der Waals surface area contributed by atoms with Crippen LogP contribution in [0.2, 0.25) is 0 Å². The Labute approximate surface area is 104 Å². The largest absolute Gasteiger partial charge is 0.379 e. The molecule has 0 aliphatic carbocycles. The molecule has 1 fully saturated rings. The van der Waals surface area contributed by atoms with Gasteiger partial charge in [0.1, 0.15) is 0 Å². The highest BCUT2D eigenvalue weighted by Crippen LogP contribution is 2.21. The normalized spacial score (nSPS) is 20.4. The van der Waals surface area contributed by atoms with Crippen LogP contribution in [0.1, 0.15) is 33.1 Å². The number of amides is 2. The van der Waals surface area contributed by atoms with Crippen molar-refractivity contribution in [2.24, 2.45) is 5.73 Å². The molecular weight excluding hydrogens is 218 g/mol. The fraction of sp³-hybridized carbons (Fsp3) is 0.917. The van der Waals surface area contributed by atoms with Crippen LogP contribution in [0.5, 0.6) is 0 Å². The molecule has 17 heavy (non-hydrogen) atoms. The van der Waals surface area contributed by atoms with Crippen LogP contribution in [-0.2, 0) is 4.74 Å². The van der Waals surface area contributed by atoms with Crippen LogP contribution in [0.15, 0.2) is 0 Å². The van der Waals surface area contributed by atoms with E-state index in [1.807, 2.05) is 7.05 Å². The highest BCUT2D eigenvalue weighted by atomic mass is 16.5. The minimum atomic E-state index is -0.233. The summed E-state index contributed by atoms with van der Waals surface area (Å²) in [6.07, 6.45) is 2.63. The van der Waals surface area contributed by atoms with Crippen molar-refractivity contribution in [2.45, 2.75) is 44.7 Å². The number of carbonyl (C=O) groups excluding carboxylic acids is 1. The molecule has 1 rings (SSSR count). The maximum atomic E-state index is 12.1. The van der Waals surface area contributed by atoms with Crippen molar-refractivity contribution in [1.82, 2.24) is 10.2 Å². The van der Waals surface area contributed by atoms with Gasteiger partial charge < -0.3 is 20.7 Å². The van der Waals surface area contributed by atoms with E-state index >= 15 is 0 Å². The van der Waals surface area contributed by atoms with Gasteiger partial charge in [-0.3, -0.25) is 0 Å². The van der Waals surface area contributed by atoms with Crippen molar-refractivity contribution in [3.8, 4) is 0 Å². The second-order valence-electron chi connectivity index (χ2n) is 4.70. The minimum Gasteiger partial charge on any atom is -0.379 e. The summed E-state index contributed by atoms with van der Waals surface area (Å²) in [5, 5.41) is 2.99. The zero-order chi connectivity index (χ0) is 12.9. The highest BCUT2D eigenvalue weighted by Gasteiger charge is 2.33. The highest BCUT2D eigenvalue weighted by molar-refractivity contribution is 5.75. The predicted octanol–water partition coefficient (Wildman–Crippen LogP) is 0.934. The van der Waals surface area contributed by atoms with Crippen molar-refractivity contribution in [2.75, 3.05) is 26.8 Å². The molecular formula is C12H25N3O2. The summed E-state index contributed by atoms with van der Waals surface area (Å²) in [7, 11) is 1.82. The first-order valence-corrected chi connectivity index (χ1v) is 6.41. The lowest BCUT2D eigenvalue weighted by Crippen LogP contribution is -2.57. The van der Waals surface area contributed by atoms with E-state index in [1.165, 1.54) is 0 Å². The van der Waals surface area contributed by atoms with Crippen LogP contribution in [0.4, 0.5) is 4.79 Å². The number of rotatable bonds is 5. The van der Waals surface area contributed by atoms with E-state index in [-0.39, 0.29) is 17.6 Å². The molecule has 5 heteroatoms. The summed E-state index contributed by atoms with van der Waals surface area (Å²) in [5.74, 6) is 0. The third kappa shape index (κ3) is 3.10. The van der Waals surface area contributed by atoms with Gasteiger partial charge in [0.25, 0.3) is 0 Å². The van der Waals surface area contributed by atoms with Crippen molar-refractivity contribution in [1.29, 1.82) is 0 Å². The first-order valence-electron chi connectivity index (χ1n) is 6.41. The summed E-state index contributed by atoms with van der Waals surface area (Å²) in [5.41, 5.74) is 5.60. The summed E-state index contributed by atoms with van der Waals surface area (Å²) < 4.78 is 5.24.